The molecule has 1 aromatic rings. The van der Waals surface area contributed by atoms with Gasteiger partial charge in [-0.1, -0.05) is 11.6 Å². The molecule has 2 N–H and O–H groups in total. The lowest BCUT2D eigenvalue weighted by atomic mass is 9.96. The predicted molar refractivity (Wildman–Crippen MR) is 65.6 cm³/mol. The molecule has 0 amide bonds. The van der Waals surface area contributed by atoms with E-state index in [0.29, 0.717) is 16.3 Å². The minimum absolute atomic E-state index is 0.0456. The SMILES string of the molecule is COc1c(C)c(C)c(Cl)c(C)c1C(=O)CN. The van der Waals surface area contributed by atoms with Gasteiger partial charge in [-0.05, 0) is 37.5 Å². The van der Waals surface area contributed by atoms with Gasteiger partial charge in [0.1, 0.15) is 5.75 Å². The third-order valence-electron chi connectivity index (χ3n) is 2.83. The molecule has 0 unspecified atom stereocenters. The summed E-state index contributed by atoms with van der Waals surface area (Å²) in [6.07, 6.45) is 0. The van der Waals surface area contributed by atoms with Gasteiger partial charge >= 0.3 is 0 Å². The van der Waals surface area contributed by atoms with Crippen LogP contribution in [0.3, 0.4) is 0 Å². The first-order chi connectivity index (χ1) is 7.45. The van der Waals surface area contributed by atoms with Crippen LogP contribution in [0.4, 0.5) is 0 Å². The van der Waals surface area contributed by atoms with Gasteiger partial charge in [0.15, 0.2) is 5.78 Å². The van der Waals surface area contributed by atoms with Gasteiger partial charge in [0.25, 0.3) is 0 Å². The molecule has 0 saturated carbocycles. The van der Waals surface area contributed by atoms with E-state index in [1.165, 1.54) is 0 Å². The molecule has 0 radical (unpaired) electrons. The second kappa shape index (κ2) is 4.85. The first-order valence-electron chi connectivity index (χ1n) is 5.02. The van der Waals surface area contributed by atoms with E-state index in [-0.39, 0.29) is 12.3 Å². The zero-order valence-electron chi connectivity index (χ0n) is 9.98. The van der Waals surface area contributed by atoms with Crippen molar-refractivity contribution in [3.63, 3.8) is 0 Å². The zero-order valence-corrected chi connectivity index (χ0v) is 10.7. The highest BCUT2D eigenvalue weighted by molar-refractivity contribution is 6.33. The lowest BCUT2D eigenvalue weighted by molar-refractivity contribution is 0.0997. The van der Waals surface area contributed by atoms with Crippen molar-refractivity contribution in [3.8, 4) is 5.75 Å². The van der Waals surface area contributed by atoms with E-state index in [1.807, 2.05) is 13.8 Å². The Labute approximate surface area is 101 Å². The Morgan fingerprint density at radius 2 is 1.81 bits per heavy atom. The van der Waals surface area contributed by atoms with Crippen molar-refractivity contribution in [2.24, 2.45) is 5.73 Å². The topological polar surface area (TPSA) is 52.3 Å². The fourth-order valence-corrected chi connectivity index (χ4v) is 2.01. The molecule has 0 aliphatic rings. The van der Waals surface area contributed by atoms with Gasteiger partial charge in [-0.2, -0.15) is 0 Å². The Balaban J connectivity index is 3.64. The number of carbonyl (C=O) groups excluding carboxylic acids is 1. The van der Waals surface area contributed by atoms with Crippen molar-refractivity contribution >= 4 is 17.4 Å². The van der Waals surface area contributed by atoms with E-state index in [2.05, 4.69) is 0 Å². The maximum atomic E-state index is 11.8. The Hall–Kier alpha value is -1.06. The van der Waals surface area contributed by atoms with Crippen LogP contribution in [0, 0.1) is 20.8 Å². The van der Waals surface area contributed by atoms with Gasteiger partial charge in [-0.15, -0.1) is 0 Å². The average molecular weight is 242 g/mol. The maximum absolute atomic E-state index is 11.8. The number of methoxy groups -OCH3 is 1. The minimum Gasteiger partial charge on any atom is -0.496 e. The third-order valence-corrected chi connectivity index (χ3v) is 3.40. The number of hydrogen-bond acceptors (Lipinski definition) is 3. The number of benzene rings is 1. The fourth-order valence-electron chi connectivity index (χ4n) is 1.78. The highest BCUT2D eigenvalue weighted by Gasteiger charge is 2.21. The molecule has 4 heteroatoms. The Bertz CT molecular complexity index is 441. The summed E-state index contributed by atoms with van der Waals surface area (Å²) in [5.41, 5.74) is 8.44. The molecule has 0 saturated heterocycles. The molecule has 0 fully saturated rings. The maximum Gasteiger partial charge on any atom is 0.180 e. The van der Waals surface area contributed by atoms with E-state index in [9.17, 15) is 4.79 Å². The van der Waals surface area contributed by atoms with Gasteiger partial charge in [0.05, 0.1) is 19.2 Å². The summed E-state index contributed by atoms with van der Waals surface area (Å²) in [6.45, 7) is 5.55. The van der Waals surface area contributed by atoms with E-state index >= 15 is 0 Å². The quantitative estimate of drug-likeness (QED) is 0.827. The summed E-state index contributed by atoms with van der Waals surface area (Å²) in [4.78, 5) is 11.8. The summed E-state index contributed by atoms with van der Waals surface area (Å²) in [6, 6.07) is 0. The number of carbonyl (C=O) groups is 1. The Morgan fingerprint density at radius 3 is 2.25 bits per heavy atom. The van der Waals surface area contributed by atoms with E-state index in [0.717, 1.165) is 16.7 Å². The normalized spacial score (nSPS) is 10.4. The van der Waals surface area contributed by atoms with Crippen LogP contribution < -0.4 is 10.5 Å². The summed E-state index contributed by atoms with van der Waals surface area (Å²) in [5.74, 6) is 0.425. The summed E-state index contributed by atoms with van der Waals surface area (Å²) in [7, 11) is 1.54. The van der Waals surface area contributed by atoms with Crippen LogP contribution in [-0.2, 0) is 0 Å². The number of Topliss-reactive ketones (excluding diaryl/α,β-unsaturated/α-hetero) is 1. The molecule has 0 heterocycles. The first kappa shape index (κ1) is 13.0. The van der Waals surface area contributed by atoms with Gasteiger partial charge < -0.3 is 10.5 Å². The van der Waals surface area contributed by atoms with Crippen LogP contribution >= 0.6 is 11.6 Å². The molecule has 16 heavy (non-hydrogen) atoms. The van der Waals surface area contributed by atoms with Crippen LogP contribution in [0.5, 0.6) is 5.75 Å². The van der Waals surface area contributed by atoms with Crippen LogP contribution in [0.1, 0.15) is 27.0 Å². The number of halogens is 1. The molecule has 0 atom stereocenters. The summed E-state index contributed by atoms with van der Waals surface area (Å²) in [5, 5.41) is 0.607. The number of ether oxygens (including phenoxy) is 1. The molecule has 0 aromatic heterocycles. The van der Waals surface area contributed by atoms with Gasteiger partial charge in [0.2, 0.25) is 0 Å². The lowest BCUT2D eigenvalue weighted by Crippen LogP contribution is -2.17. The lowest BCUT2D eigenvalue weighted by Gasteiger charge is -2.17. The predicted octanol–water partition coefficient (Wildman–Crippen LogP) is 2.42. The molecule has 1 aromatic carbocycles. The summed E-state index contributed by atoms with van der Waals surface area (Å²) >= 11 is 6.17. The number of rotatable bonds is 3. The van der Waals surface area contributed by atoms with Crippen LogP contribution in [0.25, 0.3) is 0 Å². The van der Waals surface area contributed by atoms with Crippen molar-refractivity contribution < 1.29 is 9.53 Å². The standard InChI is InChI=1S/C12H16ClNO2/c1-6-7(2)12(16-4)10(9(15)5-14)8(3)11(6)13/h5,14H2,1-4H3. The van der Waals surface area contributed by atoms with E-state index < -0.39 is 0 Å². The molecular formula is C12H16ClNO2. The molecule has 88 valence electrons. The van der Waals surface area contributed by atoms with Crippen molar-refractivity contribution in [1.29, 1.82) is 0 Å². The number of nitrogens with two attached hydrogens (primary N) is 1. The van der Waals surface area contributed by atoms with Crippen LogP contribution in [-0.4, -0.2) is 19.4 Å². The number of ketones is 1. The monoisotopic (exact) mass is 241 g/mol. The molecule has 0 aliphatic carbocycles. The van der Waals surface area contributed by atoms with E-state index in [4.69, 9.17) is 22.1 Å². The largest absolute Gasteiger partial charge is 0.496 e. The first-order valence-corrected chi connectivity index (χ1v) is 5.40. The van der Waals surface area contributed by atoms with Crippen molar-refractivity contribution in [1.82, 2.24) is 0 Å². The molecular weight excluding hydrogens is 226 g/mol. The Morgan fingerprint density at radius 1 is 1.25 bits per heavy atom. The number of hydrogen-bond donors (Lipinski definition) is 1. The van der Waals surface area contributed by atoms with Crippen LogP contribution in [0.2, 0.25) is 5.02 Å². The van der Waals surface area contributed by atoms with Crippen LogP contribution in [0.15, 0.2) is 0 Å². The fraction of sp³-hybridized carbons (Fsp3) is 0.417. The third kappa shape index (κ3) is 1.93. The Kier molecular flexibility index (Phi) is 3.94. The minimum atomic E-state index is -0.153. The second-order valence-corrected chi connectivity index (χ2v) is 4.10. The molecule has 0 bridgehead atoms. The highest BCUT2D eigenvalue weighted by atomic mass is 35.5. The van der Waals surface area contributed by atoms with Gasteiger partial charge in [0, 0.05) is 5.02 Å². The van der Waals surface area contributed by atoms with Crippen molar-refractivity contribution in [2.45, 2.75) is 20.8 Å². The van der Waals surface area contributed by atoms with Crippen molar-refractivity contribution in [2.75, 3.05) is 13.7 Å². The second-order valence-electron chi connectivity index (χ2n) is 3.72. The molecule has 0 spiro atoms. The average Bonchev–Trinajstić information content (AvgIpc) is 2.29. The van der Waals surface area contributed by atoms with Crippen molar-refractivity contribution in [3.05, 3.63) is 27.3 Å². The summed E-state index contributed by atoms with van der Waals surface area (Å²) < 4.78 is 5.28. The van der Waals surface area contributed by atoms with E-state index in [1.54, 1.807) is 14.0 Å². The molecule has 1 rings (SSSR count). The van der Waals surface area contributed by atoms with Gasteiger partial charge in [-0.3, -0.25) is 4.79 Å². The van der Waals surface area contributed by atoms with Gasteiger partial charge in [-0.25, -0.2) is 0 Å². The molecule has 3 nitrogen and oxygen atoms in total. The smallest absolute Gasteiger partial charge is 0.180 e. The molecule has 0 aliphatic heterocycles. The highest BCUT2D eigenvalue weighted by Crippen LogP contribution is 2.35. The zero-order chi connectivity index (χ0) is 12.5.